The highest BCUT2D eigenvalue weighted by atomic mass is 19.1. The van der Waals surface area contributed by atoms with E-state index in [-0.39, 0.29) is 18.1 Å². The van der Waals surface area contributed by atoms with Gasteiger partial charge in [-0.3, -0.25) is 4.79 Å². The predicted molar refractivity (Wildman–Crippen MR) is 119 cm³/mol. The summed E-state index contributed by atoms with van der Waals surface area (Å²) in [5.41, 5.74) is 1.67. The Morgan fingerprint density at radius 2 is 1.88 bits per heavy atom. The maximum atomic E-state index is 14.4. The van der Waals surface area contributed by atoms with Crippen LogP contribution in [0.25, 0.3) is 16.7 Å². The summed E-state index contributed by atoms with van der Waals surface area (Å²) in [5, 5.41) is 14.7. The number of hydrogen-bond acceptors (Lipinski definition) is 6. The van der Waals surface area contributed by atoms with E-state index >= 15 is 0 Å². The number of aryl methyl sites for hydroxylation is 1. The standard InChI is InChI=1S/C24H18FN5O3/c1-15-27-28-29-30(15)21-13-16(11-12-20(21)25)26-24(31)23-19(14-32-17-7-3-2-4-8-17)18-9-5-6-10-22(18)33-23/h2-13H,14H2,1H3,(H,26,31). The van der Waals surface area contributed by atoms with Gasteiger partial charge in [0, 0.05) is 16.6 Å². The highest BCUT2D eigenvalue weighted by molar-refractivity contribution is 6.06. The van der Waals surface area contributed by atoms with Gasteiger partial charge in [-0.15, -0.1) is 5.10 Å². The van der Waals surface area contributed by atoms with E-state index < -0.39 is 11.7 Å². The molecule has 5 rings (SSSR count). The number of nitrogens with one attached hydrogen (secondary N) is 1. The van der Waals surface area contributed by atoms with Gasteiger partial charge in [0.05, 0.1) is 0 Å². The summed E-state index contributed by atoms with van der Waals surface area (Å²) in [6, 6.07) is 20.8. The van der Waals surface area contributed by atoms with E-state index in [2.05, 4.69) is 20.8 Å². The average molecular weight is 443 g/mol. The first-order chi connectivity index (χ1) is 16.1. The van der Waals surface area contributed by atoms with E-state index in [0.29, 0.717) is 28.4 Å². The molecule has 0 saturated carbocycles. The van der Waals surface area contributed by atoms with Gasteiger partial charge in [0.25, 0.3) is 5.91 Å². The first kappa shape index (κ1) is 20.4. The van der Waals surface area contributed by atoms with Crippen LogP contribution >= 0.6 is 0 Å². The van der Waals surface area contributed by atoms with Crippen molar-refractivity contribution in [1.29, 1.82) is 0 Å². The number of hydrogen-bond donors (Lipinski definition) is 1. The number of nitrogens with zero attached hydrogens (tertiary/aromatic N) is 4. The topological polar surface area (TPSA) is 95.1 Å². The van der Waals surface area contributed by atoms with E-state index in [4.69, 9.17) is 9.15 Å². The lowest BCUT2D eigenvalue weighted by Gasteiger charge is -2.09. The van der Waals surface area contributed by atoms with E-state index in [1.54, 1.807) is 13.0 Å². The summed E-state index contributed by atoms with van der Waals surface area (Å²) in [4.78, 5) is 13.2. The minimum atomic E-state index is -0.524. The predicted octanol–water partition coefficient (Wildman–Crippen LogP) is 4.69. The normalized spacial score (nSPS) is 11.0. The largest absolute Gasteiger partial charge is 0.489 e. The Morgan fingerprint density at radius 3 is 2.67 bits per heavy atom. The van der Waals surface area contributed by atoms with Crippen LogP contribution in [0.3, 0.4) is 0 Å². The number of anilines is 1. The minimum absolute atomic E-state index is 0.118. The number of halogens is 1. The fourth-order valence-corrected chi connectivity index (χ4v) is 3.49. The molecule has 3 aromatic carbocycles. The Kier molecular flexibility index (Phi) is 5.27. The number of para-hydroxylation sites is 2. The summed E-state index contributed by atoms with van der Waals surface area (Å²) in [6.07, 6.45) is 0. The second-order valence-corrected chi connectivity index (χ2v) is 7.27. The molecule has 0 saturated heterocycles. The van der Waals surface area contributed by atoms with Crippen molar-refractivity contribution in [3.05, 3.63) is 95.8 Å². The molecule has 0 aliphatic heterocycles. The molecule has 5 aromatic rings. The molecule has 33 heavy (non-hydrogen) atoms. The molecule has 9 heteroatoms. The van der Waals surface area contributed by atoms with Gasteiger partial charge < -0.3 is 14.5 Å². The fourth-order valence-electron chi connectivity index (χ4n) is 3.49. The van der Waals surface area contributed by atoms with Crippen LogP contribution < -0.4 is 10.1 Å². The van der Waals surface area contributed by atoms with E-state index in [1.807, 2.05) is 48.5 Å². The monoisotopic (exact) mass is 443 g/mol. The first-order valence-corrected chi connectivity index (χ1v) is 10.1. The van der Waals surface area contributed by atoms with Crippen LogP contribution in [0, 0.1) is 12.7 Å². The molecule has 0 spiro atoms. The zero-order chi connectivity index (χ0) is 22.8. The van der Waals surface area contributed by atoms with Crippen molar-refractivity contribution in [1.82, 2.24) is 20.2 Å². The summed E-state index contributed by atoms with van der Waals surface area (Å²) in [6.45, 7) is 1.79. The SMILES string of the molecule is Cc1nnnn1-c1cc(NC(=O)c2oc3ccccc3c2COc2ccccc2)ccc1F. The maximum Gasteiger partial charge on any atom is 0.291 e. The molecular weight excluding hydrogens is 425 g/mol. The van der Waals surface area contributed by atoms with Crippen molar-refractivity contribution in [2.45, 2.75) is 13.5 Å². The minimum Gasteiger partial charge on any atom is -0.489 e. The maximum absolute atomic E-state index is 14.4. The van der Waals surface area contributed by atoms with Gasteiger partial charge in [-0.05, 0) is 53.7 Å². The zero-order valence-corrected chi connectivity index (χ0v) is 17.5. The molecule has 1 amide bonds. The van der Waals surface area contributed by atoms with Crippen molar-refractivity contribution >= 4 is 22.6 Å². The van der Waals surface area contributed by atoms with Gasteiger partial charge in [-0.2, -0.15) is 4.68 Å². The number of amides is 1. The molecular formula is C24H18FN5O3. The summed E-state index contributed by atoms with van der Waals surface area (Å²) >= 11 is 0. The number of ether oxygens (including phenoxy) is 1. The van der Waals surface area contributed by atoms with Gasteiger partial charge in [0.2, 0.25) is 0 Å². The van der Waals surface area contributed by atoms with Crippen LogP contribution in [-0.2, 0) is 6.61 Å². The Balaban J connectivity index is 1.46. The van der Waals surface area contributed by atoms with Gasteiger partial charge in [-0.25, -0.2) is 4.39 Å². The molecule has 2 aromatic heterocycles. The lowest BCUT2D eigenvalue weighted by molar-refractivity contribution is 0.0995. The Morgan fingerprint density at radius 1 is 1.09 bits per heavy atom. The third-order valence-electron chi connectivity index (χ3n) is 5.09. The van der Waals surface area contributed by atoms with Crippen molar-refractivity contribution < 1.29 is 18.3 Å². The third kappa shape index (κ3) is 4.03. The molecule has 164 valence electrons. The molecule has 1 N–H and O–H groups in total. The quantitative estimate of drug-likeness (QED) is 0.409. The fraction of sp³-hybridized carbons (Fsp3) is 0.0833. The van der Waals surface area contributed by atoms with Gasteiger partial charge >= 0.3 is 0 Å². The van der Waals surface area contributed by atoms with Crippen LogP contribution in [0.5, 0.6) is 5.75 Å². The molecule has 0 aliphatic carbocycles. The molecule has 0 radical (unpaired) electrons. The average Bonchev–Trinajstić information content (AvgIpc) is 3.43. The van der Waals surface area contributed by atoms with E-state index in [1.165, 1.54) is 22.9 Å². The van der Waals surface area contributed by atoms with E-state index in [0.717, 1.165) is 5.39 Å². The van der Waals surface area contributed by atoms with Gasteiger partial charge in [-0.1, -0.05) is 36.4 Å². The highest BCUT2D eigenvalue weighted by Crippen LogP contribution is 2.28. The van der Waals surface area contributed by atoms with E-state index in [9.17, 15) is 9.18 Å². The smallest absolute Gasteiger partial charge is 0.291 e. The Labute approximate surface area is 187 Å². The van der Waals surface area contributed by atoms with Crippen molar-refractivity contribution in [3.8, 4) is 11.4 Å². The Hall–Kier alpha value is -4.53. The van der Waals surface area contributed by atoms with Gasteiger partial charge in [0.1, 0.15) is 29.4 Å². The molecule has 8 nitrogen and oxygen atoms in total. The molecule has 0 aliphatic rings. The number of fused-ring (bicyclic) bond motifs is 1. The van der Waals surface area contributed by atoms with Crippen LogP contribution in [0.1, 0.15) is 21.9 Å². The van der Waals surface area contributed by atoms with Crippen molar-refractivity contribution in [2.24, 2.45) is 0 Å². The first-order valence-electron chi connectivity index (χ1n) is 10.1. The third-order valence-corrected chi connectivity index (χ3v) is 5.09. The Bertz CT molecular complexity index is 1450. The summed E-state index contributed by atoms with van der Waals surface area (Å²) < 4.78 is 27.4. The number of furan rings is 1. The number of tetrazole rings is 1. The number of rotatable bonds is 6. The van der Waals surface area contributed by atoms with Crippen molar-refractivity contribution in [3.63, 3.8) is 0 Å². The molecule has 2 heterocycles. The van der Waals surface area contributed by atoms with Crippen LogP contribution in [0.15, 0.2) is 77.2 Å². The van der Waals surface area contributed by atoms with Crippen LogP contribution in [-0.4, -0.2) is 26.1 Å². The number of carbonyl (C=O) groups is 1. The highest BCUT2D eigenvalue weighted by Gasteiger charge is 2.22. The molecule has 0 bridgehead atoms. The number of aromatic nitrogens is 4. The number of carbonyl (C=O) groups excluding carboxylic acids is 1. The number of benzene rings is 3. The molecule has 0 fully saturated rings. The molecule has 0 unspecified atom stereocenters. The van der Waals surface area contributed by atoms with Crippen molar-refractivity contribution in [2.75, 3.05) is 5.32 Å². The zero-order valence-electron chi connectivity index (χ0n) is 17.5. The lowest BCUT2D eigenvalue weighted by Crippen LogP contribution is -2.14. The summed E-state index contributed by atoms with van der Waals surface area (Å²) in [7, 11) is 0. The van der Waals surface area contributed by atoms with Gasteiger partial charge in [0.15, 0.2) is 11.6 Å². The summed E-state index contributed by atoms with van der Waals surface area (Å²) in [5.74, 6) is 0.202. The molecule has 0 atom stereocenters. The second-order valence-electron chi connectivity index (χ2n) is 7.27. The lowest BCUT2D eigenvalue weighted by atomic mass is 10.1. The van der Waals surface area contributed by atoms with Crippen LogP contribution in [0.4, 0.5) is 10.1 Å². The van der Waals surface area contributed by atoms with Crippen LogP contribution in [0.2, 0.25) is 0 Å². The second kappa shape index (κ2) is 8.54.